The number of hydrogen-bond acceptors (Lipinski definition) is 2. The molecule has 0 saturated heterocycles. The van der Waals surface area contributed by atoms with Crippen LogP contribution in [0, 0.1) is 5.82 Å². The number of nitrogens with one attached hydrogen (secondary N) is 3. The lowest BCUT2D eigenvalue weighted by Crippen LogP contribution is -2.38. The lowest BCUT2D eigenvalue weighted by molar-refractivity contribution is 0.629. The van der Waals surface area contributed by atoms with Crippen LogP contribution in [0.1, 0.15) is 18.1 Å². The minimum absolute atomic E-state index is 0.220. The van der Waals surface area contributed by atoms with Crippen molar-refractivity contribution in [2.75, 3.05) is 13.1 Å². The summed E-state index contributed by atoms with van der Waals surface area (Å²) in [6, 6.07) is 13.0. The van der Waals surface area contributed by atoms with Crippen LogP contribution in [0.25, 0.3) is 16.6 Å². The average molecular weight is 404 g/mol. The molecule has 2 aromatic heterocycles. The second-order valence-corrected chi connectivity index (χ2v) is 6.97. The van der Waals surface area contributed by atoms with E-state index in [1.54, 1.807) is 24.7 Å². The van der Waals surface area contributed by atoms with Crippen LogP contribution in [0.2, 0.25) is 0 Å². The number of benzene rings is 2. The second kappa shape index (κ2) is 9.26. The maximum absolute atomic E-state index is 13.6. The minimum Gasteiger partial charge on any atom is -0.361 e. The highest BCUT2D eigenvalue weighted by atomic mass is 19.1. The van der Waals surface area contributed by atoms with Crippen molar-refractivity contribution in [2.24, 2.45) is 4.99 Å². The van der Waals surface area contributed by atoms with E-state index in [0.29, 0.717) is 13.1 Å². The van der Waals surface area contributed by atoms with Crippen LogP contribution in [-0.2, 0) is 13.0 Å². The van der Waals surface area contributed by atoms with E-state index in [2.05, 4.69) is 32.7 Å². The number of imidazole rings is 1. The molecule has 0 aliphatic carbocycles. The Balaban J connectivity index is 1.43. The van der Waals surface area contributed by atoms with Crippen molar-refractivity contribution in [1.29, 1.82) is 0 Å². The van der Waals surface area contributed by atoms with E-state index in [0.717, 1.165) is 46.6 Å². The first-order chi connectivity index (χ1) is 14.7. The number of guanidine groups is 1. The van der Waals surface area contributed by atoms with Gasteiger partial charge in [-0.3, -0.25) is 0 Å². The zero-order valence-corrected chi connectivity index (χ0v) is 16.9. The molecule has 0 aliphatic rings. The zero-order valence-electron chi connectivity index (χ0n) is 16.9. The number of halogens is 1. The van der Waals surface area contributed by atoms with Gasteiger partial charge < -0.3 is 20.2 Å². The molecule has 2 aromatic carbocycles. The van der Waals surface area contributed by atoms with Crippen LogP contribution in [-0.4, -0.2) is 33.6 Å². The van der Waals surface area contributed by atoms with Gasteiger partial charge in [-0.25, -0.2) is 14.4 Å². The first-order valence-electron chi connectivity index (χ1n) is 10.1. The third kappa shape index (κ3) is 4.51. The number of aromatic amines is 1. The number of aromatic nitrogens is 3. The number of H-pyrrole nitrogens is 1. The summed E-state index contributed by atoms with van der Waals surface area (Å²) in [5.74, 6) is 0.534. The summed E-state index contributed by atoms with van der Waals surface area (Å²) in [5.41, 5.74) is 4.21. The van der Waals surface area contributed by atoms with Gasteiger partial charge in [0.15, 0.2) is 5.96 Å². The van der Waals surface area contributed by atoms with E-state index >= 15 is 0 Å². The first kappa shape index (κ1) is 19.7. The Hall–Kier alpha value is -3.61. The molecule has 0 saturated carbocycles. The fourth-order valence-corrected chi connectivity index (χ4v) is 3.48. The molecule has 2 heterocycles. The molecule has 30 heavy (non-hydrogen) atoms. The first-order valence-corrected chi connectivity index (χ1v) is 10.1. The predicted octanol–water partition coefficient (Wildman–Crippen LogP) is 3.79. The largest absolute Gasteiger partial charge is 0.361 e. The van der Waals surface area contributed by atoms with Gasteiger partial charge in [-0.1, -0.05) is 18.2 Å². The van der Waals surface area contributed by atoms with Gasteiger partial charge in [0.05, 0.1) is 18.6 Å². The van der Waals surface area contributed by atoms with Crippen molar-refractivity contribution in [3.63, 3.8) is 0 Å². The van der Waals surface area contributed by atoms with Crippen LogP contribution in [0.4, 0.5) is 4.39 Å². The van der Waals surface area contributed by atoms with Crippen LogP contribution in [0.15, 0.2) is 72.4 Å². The summed E-state index contributed by atoms with van der Waals surface area (Å²) >= 11 is 0. The molecule has 0 atom stereocenters. The molecule has 0 aliphatic heterocycles. The molecular weight excluding hydrogens is 379 g/mol. The highest BCUT2D eigenvalue weighted by Crippen LogP contribution is 2.19. The Bertz CT molecular complexity index is 1130. The topological polar surface area (TPSA) is 70.0 Å². The summed E-state index contributed by atoms with van der Waals surface area (Å²) in [5, 5.41) is 7.58. The Morgan fingerprint density at radius 3 is 2.90 bits per heavy atom. The van der Waals surface area contributed by atoms with Crippen molar-refractivity contribution in [3.8, 4) is 5.69 Å². The van der Waals surface area contributed by atoms with Crippen molar-refractivity contribution in [2.45, 2.75) is 19.9 Å². The van der Waals surface area contributed by atoms with E-state index < -0.39 is 0 Å². The Labute approximate surface area is 174 Å². The summed E-state index contributed by atoms with van der Waals surface area (Å²) in [6.07, 6.45) is 8.19. The Morgan fingerprint density at radius 1 is 1.17 bits per heavy atom. The van der Waals surface area contributed by atoms with Crippen molar-refractivity contribution in [1.82, 2.24) is 25.2 Å². The quantitative estimate of drug-likeness (QED) is 0.324. The molecule has 3 N–H and O–H groups in total. The van der Waals surface area contributed by atoms with Crippen molar-refractivity contribution < 1.29 is 4.39 Å². The Kier molecular flexibility index (Phi) is 6.08. The van der Waals surface area contributed by atoms with E-state index in [4.69, 9.17) is 4.99 Å². The summed E-state index contributed by atoms with van der Waals surface area (Å²) in [4.78, 5) is 12.1. The number of fused-ring (bicyclic) bond motifs is 1. The second-order valence-electron chi connectivity index (χ2n) is 6.97. The monoisotopic (exact) mass is 404 g/mol. The van der Waals surface area contributed by atoms with Crippen LogP contribution >= 0.6 is 0 Å². The van der Waals surface area contributed by atoms with E-state index in [1.807, 2.05) is 36.0 Å². The van der Waals surface area contributed by atoms with E-state index in [9.17, 15) is 4.39 Å². The van der Waals surface area contributed by atoms with Gasteiger partial charge >= 0.3 is 0 Å². The number of hydrogen-bond donors (Lipinski definition) is 3. The van der Waals surface area contributed by atoms with Gasteiger partial charge in [0.2, 0.25) is 0 Å². The molecule has 6 nitrogen and oxygen atoms in total. The van der Waals surface area contributed by atoms with Crippen LogP contribution < -0.4 is 10.6 Å². The average Bonchev–Trinajstić information content (AvgIpc) is 3.42. The standard InChI is InChI=1S/C23H25FN6/c1-2-26-23(27-10-9-17-14-28-21-8-7-19(24)13-20(17)21)29-15-18-5-3-4-6-22(18)30-12-11-25-16-30/h3-8,11-14,16,28H,2,9-10,15H2,1H3,(H2,26,27,29). The molecule has 0 fully saturated rings. The molecular formula is C23H25FN6. The summed E-state index contributed by atoms with van der Waals surface area (Å²) < 4.78 is 15.6. The Morgan fingerprint density at radius 2 is 2.07 bits per heavy atom. The zero-order chi connectivity index (χ0) is 20.8. The fraction of sp³-hybridized carbons (Fsp3) is 0.217. The van der Waals surface area contributed by atoms with Gasteiger partial charge in [0, 0.05) is 42.6 Å². The molecule has 0 spiro atoms. The predicted molar refractivity (Wildman–Crippen MR) is 118 cm³/mol. The third-order valence-electron chi connectivity index (χ3n) is 4.94. The molecule has 4 aromatic rings. The highest BCUT2D eigenvalue weighted by molar-refractivity contribution is 5.83. The number of para-hydroxylation sites is 1. The minimum atomic E-state index is -0.220. The van der Waals surface area contributed by atoms with E-state index in [1.165, 1.54) is 6.07 Å². The van der Waals surface area contributed by atoms with Crippen LogP contribution in [0.5, 0.6) is 0 Å². The normalized spacial score (nSPS) is 11.7. The fourth-order valence-electron chi connectivity index (χ4n) is 3.48. The molecule has 0 unspecified atom stereocenters. The molecule has 4 rings (SSSR count). The molecule has 7 heteroatoms. The lowest BCUT2D eigenvalue weighted by atomic mass is 10.1. The number of nitrogens with zero attached hydrogens (tertiary/aromatic N) is 3. The highest BCUT2D eigenvalue weighted by Gasteiger charge is 2.07. The maximum atomic E-state index is 13.6. The van der Waals surface area contributed by atoms with Crippen molar-refractivity contribution >= 4 is 16.9 Å². The van der Waals surface area contributed by atoms with E-state index in [-0.39, 0.29) is 5.82 Å². The number of rotatable bonds is 7. The SMILES string of the molecule is CCNC(=NCc1ccccc1-n1ccnc1)NCCc1c[nH]c2ccc(F)cc12. The van der Waals surface area contributed by atoms with Gasteiger partial charge in [0.25, 0.3) is 0 Å². The molecule has 0 bridgehead atoms. The molecule has 154 valence electrons. The van der Waals surface area contributed by atoms with Crippen molar-refractivity contribution in [3.05, 3.63) is 84.3 Å². The van der Waals surface area contributed by atoms with Crippen LogP contribution in [0.3, 0.4) is 0 Å². The van der Waals surface area contributed by atoms with Gasteiger partial charge in [-0.15, -0.1) is 0 Å². The lowest BCUT2D eigenvalue weighted by Gasteiger charge is -2.12. The smallest absolute Gasteiger partial charge is 0.191 e. The van der Waals surface area contributed by atoms with Gasteiger partial charge in [0.1, 0.15) is 5.82 Å². The third-order valence-corrected chi connectivity index (χ3v) is 4.94. The summed E-state index contributed by atoms with van der Waals surface area (Å²) in [7, 11) is 0. The van der Waals surface area contributed by atoms with Gasteiger partial charge in [-0.2, -0.15) is 0 Å². The van der Waals surface area contributed by atoms with Gasteiger partial charge in [-0.05, 0) is 48.7 Å². The summed E-state index contributed by atoms with van der Waals surface area (Å²) in [6.45, 7) is 4.05. The molecule has 0 radical (unpaired) electrons. The molecule has 0 amide bonds. The number of aliphatic imine (C=N–C) groups is 1. The maximum Gasteiger partial charge on any atom is 0.191 e.